The molecular weight excluding hydrogens is 316 g/mol. The molecule has 1 amide bonds. The Kier molecular flexibility index (Phi) is 3.95. The molecule has 0 fully saturated rings. The third-order valence-corrected chi connectivity index (χ3v) is 2.88. The van der Waals surface area contributed by atoms with Gasteiger partial charge >= 0.3 is 0 Å². The largest absolute Gasteiger partial charge is 0.322 e. The van der Waals surface area contributed by atoms with E-state index in [0.717, 1.165) is 28.2 Å². The van der Waals surface area contributed by atoms with E-state index < -0.39 is 17.5 Å². The molecule has 19 heavy (non-hydrogen) atoms. The summed E-state index contributed by atoms with van der Waals surface area (Å²) in [4.78, 5) is 11.9. The molecule has 1 N–H and O–H groups in total. The lowest BCUT2D eigenvalue weighted by Gasteiger charge is -2.07. The van der Waals surface area contributed by atoms with Gasteiger partial charge < -0.3 is 5.32 Å². The van der Waals surface area contributed by atoms with Crippen molar-refractivity contribution >= 4 is 27.5 Å². The Labute approximate surface area is 117 Å². The molecule has 2 aromatic rings. The second kappa shape index (κ2) is 5.48. The molecule has 0 radical (unpaired) electrons. The van der Waals surface area contributed by atoms with Crippen molar-refractivity contribution in [3.63, 3.8) is 0 Å². The Morgan fingerprint density at radius 1 is 1.05 bits per heavy atom. The van der Waals surface area contributed by atoms with Gasteiger partial charge in [-0.1, -0.05) is 15.9 Å². The van der Waals surface area contributed by atoms with Gasteiger partial charge in [-0.3, -0.25) is 4.79 Å². The zero-order valence-electron chi connectivity index (χ0n) is 10.0. The first kappa shape index (κ1) is 13.7. The number of carbonyl (C=O) groups is 1. The molecule has 0 saturated carbocycles. The second-order valence-electron chi connectivity index (χ2n) is 4.13. The van der Waals surface area contributed by atoms with Gasteiger partial charge in [0.05, 0.1) is 0 Å². The number of aryl methyl sites for hydroxylation is 1. The van der Waals surface area contributed by atoms with Crippen LogP contribution >= 0.6 is 15.9 Å². The third-order valence-electron chi connectivity index (χ3n) is 2.42. The SMILES string of the molecule is Cc1cc(Br)cc(NC(=O)c2cc(F)cc(F)c2)c1. The molecular formula is C14H10BrF2NO. The number of halogens is 3. The average Bonchev–Trinajstić information content (AvgIpc) is 2.25. The van der Waals surface area contributed by atoms with Crippen molar-refractivity contribution in [1.29, 1.82) is 0 Å². The van der Waals surface area contributed by atoms with Crippen LogP contribution in [-0.4, -0.2) is 5.91 Å². The second-order valence-corrected chi connectivity index (χ2v) is 5.05. The van der Waals surface area contributed by atoms with Crippen LogP contribution in [0.3, 0.4) is 0 Å². The lowest BCUT2D eigenvalue weighted by molar-refractivity contribution is 0.102. The molecule has 2 aromatic carbocycles. The Bertz CT molecular complexity index is 603. The first-order chi connectivity index (χ1) is 8.94. The van der Waals surface area contributed by atoms with Crippen LogP contribution in [0.4, 0.5) is 14.5 Å². The maximum atomic E-state index is 13.0. The maximum Gasteiger partial charge on any atom is 0.255 e. The van der Waals surface area contributed by atoms with Gasteiger partial charge in [-0.05, 0) is 42.8 Å². The molecule has 0 bridgehead atoms. The molecule has 5 heteroatoms. The summed E-state index contributed by atoms with van der Waals surface area (Å²) in [5.41, 5.74) is 1.45. The summed E-state index contributed by atoms with van der Waals surface area (Å²) in [5, 5.41) is 2.59. The van der Waals surface area contributed by atoms with Crippen LogP contribution in [0.5, 0.6) is 0 Å². The van der Waals surface area contributed by atoms with Crippen LogP contribution in [0.15, 0.2) is 40.9 Å². The fourth-order valence-electron chi connectivity index (χ4n) is 1.70. The highest BCUT2D eigenvalue weighted by Crippen LogP contribution is 2.20. The van der Waals surface area contributed by atoms with E-state index in [1.807, 2.05) is 13.0 Å². The number of nitrogens with one attached hydrogen (secondary N) is 1. The van der Waals surface area contributed by atoms with Crippen LogP contribution in [-0.2, 0) is 0 Å². The van der Waals surface area contributed by atoms with Gasteiger partial charge in [-0.15, -0.1) is 0 Å². The molecule has 0 aromatic heterocycles. The van der Waals surface area contributed by atoms with Crippen LogP contribution < -0.4 is 5.32 Å². The minimum absolute atomic E-state index is 0.0601. The topological polar surface area (TPSA) is 29.1 Å². The summed E-state index contributed by atoms with van der Waals surface area (Å²) in [5.74, 6) is -2.12. The van der Waals surface area contributed by atoms with E-state index in [0.29, 0.717) is 5.69 Å². The molecule has 0 saturated heterocycles. The maximum absolute atomic E-state index is 13.0. The number of anilines is 1. The first-order valence-electron chi connectivity index (χ1n) is 5.49. The summed E-state index contributed by atoms with van der Waals surface area (Å²) in [6, 6.07) is 8.06. The molecule has 98 valence electrons. The van der Waals surface area contributed by atoms with Gasteiger partial charge in [0.1, 0.15) is 11.6 Å². The lowest BCUT2D eigenvalue weighted by Crippen LogP contribution is -2.12. The fraction of sp³-hybridized carbons (Fsp3) is 0.0714. The minimum Gasteiger partial charge on any atom is -0.322 e. The molecule has 0 heterocycles. The zero-order valence-corrected chi connectivity index (χ0v) is 11.6. The van der Waals surface area contributed by atoms with Gasteiger partial charge in [-0.25, -0.2) is 8.78 Å². The van der Waals surface area contributed by atoms with E-state index in [1.165, 1.54) is 0 Å². The fourth-order valence-corrected chi connectivity index (χ4v) is 2.30. The number of carbonyl (C=O) groups excluding carboxylic acids is 1. The van der Waals surface area contributed by atoms with Crippen molar-refractivity contribution in [2.24, 2.45) is 0 Å². The van der Waals surface area contributed by atoms with Crippen molar-refractivity contribution in [2.45, 2.75) is 6.92 Å². The number of amides is 1. The molecule has 0 unspecified atom stereocenters. The zero-order chi connectivity index (χ0) is 14.0. The first-order valence-corrected chi connectivity index (χ1v) is 6.28. The minimum atomic E-state index is -0.782. The van der Waals surface area contributed by atoms with Crippen molar-refractivity contribution in [3.8, 4) is 0 Å². The van der Waals surface area contributed by atoms with E-state index in [9.17, 15) is 13.6 Å². The molecule has 2 nitrogen and oxygen atoms in total. The highest BCUT2D eigenvalue weighted by atomic mass is 79.9. The summed E-state index contributed by atoms with van der Waals surface area (Å²) in [7, 11) is 0. The number of benzene rings is 2. The molecule has 0 aliphatic heterocycles. The van der Waals surface area contributed by atoms with E-state index in [-0.39, 0.29) is 5.56 Å². The predicted octanol–water partition coefficient (Wildman–Crippen LogP) is 4.29. The predicted molar refractivity (Wildman–Crippen MR) is 73.2 cm³/mol. The van der Waals surface area contributed by atoms with Gasteiger partial charge in [0.2, 0.25) is 0 Å². The van der Waals surface area contributed by atoms with Crippen LogP contribution in [0, 0.1) is 18.6 Å². The Morgan fingerprint density at radius 3 is 2.26 bits per heavy atom. The Hall–Kier alpha value is -1.75. The van der Waals surface area contributed by atoms with E-state index in [1.54, 1.807) is 12.1 Å². The van der Waals surface area contributed by atoms with E-state index in [4.69, 9.17) is 0 Å². The van der Waals surface area contributed by atoms with Crippen molar-refractivity contribution in [2.75, 3.05) is 5.32 Å². The van der Waals surface area contributed by atoms with Crippen LogP contribution in [0.1, 0.15) is 15.9 Å². The van der Waals surface area contributed by atoms with Crippen molar-refractivity contribution in [1.82, 2.24) is 0 Å². The normalized spacial score (nSPS) is 10.3. The summed E-state index contributed by atoms with van der Waals surface area (Å²) in [6.45, 7) is 1.88. The molecule has 0 spiro atoms. The van der Waals surface area contributed by atoms with Gasteiger partial charge in [0.25, 0.3) is 5.91 Å². The van der Waals surface area contributed by atoms with Gasteiger partial charge in [-0.2, -0.15) is 0 Å². The number of rotatable bonds is 2. The summed E-state index contributed by atoms with van der Waals surface area (Å²) >= 11 is 3.31. The Balaban J connectivity index is 2.25. The van der Waals surface area contributed by atoms with Crippen molar-refractivity contribution < 1.29 is 13.6 Å². The lowest BCUT2D eigenvalue weighted by atomic mass is 10.2. The standard InChI is InChI=1S/C14H10BrF2NO/c1-8-2-10(15)6-13(3-8)18-14(19)9-4-11(16)7-12(17)5-9/h2-7H,1H3,(H,18,19). The smallest absolute Gasteiger partial charge is 0.255 e. The monoisotopic (exact) mass is 325 g/mol. The van der Waals surface area contributed by atoms with Gasteiger partial charge in [0.15, 0.2) is 0 Å². The molecule has 2 rings (SSSR count). The van der Waals surface area contributed by atoms with E-state index >= 15 is 0 Å². The molecule has 0 atom stereocenters. The average molecular weight is 326 g/mol. The Morgan fingerprint density at radius 2 is 1.68 bits per heavy atom. The van der Waals surface area contributed by atoms with Crippen LogP contribution in [0.2, 0.25) is 0 Å². The van der Waals surface area contributed by atoms with Crippen molar-refractivity contribution in [3.05, 3.63) is 63.6 Å². The summed E-state index contributed by atoms with van der Waals surface area (Å²) in [6.07, 6.45) is 0. The van der Waals surface area contributed by atoms with E-state index in [2.05, 4.69) is 21.2 Å². The summed E-state index contributed by atoms with van der Waals surface area (Å²) < 4.78 is 26.9. The number of hydrogen-bond donors (Lipinski definition) is 1. The van der Waals surface area contributed by atoms with Crippen LogP contribution in [0.25, 0.3) is 0 Å². The number of hydrogen-bond acceptors (Lipinski definition) is 1. The highest BCUT2D eigenvalue weighted by Gasteiger charge is 2.10. The molecule has 0 aliphatic carbocycles. The highest BCUT2D eigenvalue weighted by molar-refractivity contribution is 9.10. The van der Waals surface area contributed by atoms with Gasteiger partial charge in [0, 0.05) is 21.8 Å². The molecule has 0 aliphatic rings. The third kappa shape index (κ3) is 3.61. The quantitative estimate of drug-likeness (QED) is 0.876.